The Bertz CT molecular complexity index is 1300. The van der Waals surface area contributed by atoms with Crippen molar-refractivity contribution in [3.63, 3.8) is 0 Å². The van der Waals surface area contributed by atoms with Crippen LogP contribution < -0.4 is 9.80 Å². The standard InChI is InChI=1S/C25H23F4N3O6/c1-3-37-22(34)17-13-31(20-8-7-16(11-19(20)26)30-9-10-38-24(30)36)23(35)32(21(17)33)12-15-5-4-6-18(14(15)2)25(27,28)29/h4-8,11,17H,3,9-10,12-13H2,1-2H3. The number of cyclic esters (lactones) is 1. The minimum Gasteiger partial charge on any atom is -0.465 e. The molecule has 2 heterocycles. The highest BCUT2D eigenvalue weighted by atomic mass is 19.4. The van der Waals surface area contributed by atoms with Crippen LogP contribution in [0.5, 0.6) is 0 Å². The second-order valence-electron chi connectivity index (χ2n) is 8.61. The summed E-state index contributed by atoms with van der Waals surface area (Å²) in [7, 11) is 0. The van der Waals surface area contributed by atoms with Crippen LogP contribution in [0.4, 0.5) is 38.5 Å². The second-order valence-corrected chi connectivity index (χ2v) is 8.61. The molecule has 0 N–H and O–H groups in total. The lowest BCUT2D eigenvalue weighted by Crippen LogP contribution is -2.58. The fourth-order valence-electron chi connectivity index (χ4n) is 4.37. The molecule has 9 nitrogen and oxygen atoms in total. The summed E-state index contributed by atoms with van der Waals surface area (Å²) >= 11 is 0. The van der Waals surface area contributed by atoms with E-state index in [1.807, 2.05) is 0 Å². The van der Waals surface area contributed by atoms with E-state index in [0.717, 1.165) is 23.1 Å². The molecule has 2 aromatic rings. The Labute approximate surface area is 214 Å². The van der Waals surface area contributed by atoms with Gasteiger partial charge in [0.25, 0.3) is 0 Å². The molecule has 2 saturated heterocycles. The zero-order chi connectivity index (χ0) is 27.8. The summed E-state index contributed by atoms with van der Waals surface area (Å²) in [6, 6.07) is 5.90. The van der Waals surface area contributed by atoms with E-state index < -0.39 is 60.6 Å². The third-order valence-electron chi connectivity index (χ3n) is 6.34. The number of rotatable bonds is 6. The molecule has 0 bridgehead atoms. The van der Waals surface area contributed by atoms with Crippen molar-refractivity contribution in [2.24, 2.45) is 5.92 Å². The Kier molecular flexibility index (Phi) is 7.29. The van der Waals surface area contributed by atoms with Crippen molar-refractivity contribution in [1.82, 2.24) is 4.90 Å². The third-order valence-corrected chi connectivity index (χ3v) is 6.34. The number of carbonyl (C=O) groups is 4. The van der Waals surface area contributed by atoms with Crippen LogP contribution in [-0.4, -0.2) is 55.2 Å². The molecule has 202 valence electrons. The number of halogens is 4. The Morgan fingerprint density at radius 3 is 2.47 bits per heavy atom. The van der Waals surface area contributed by atoms with E-state index in [1.165, 1.54) is 36.9 Å². The van der Waals surface area contributed by atoms with E-state index in [-0.39, 0.29) is 42.3 Å². The Hall–Kier alpha value is -4.16. The summed E-state index contributed by atoms with van der Waals surface area (Å²) in [6.07, 6.45) is -5.33. The number of nitrogens with zero attached hydrogens (tertiary/aromatic N) is 3. The van der Waals surface area contributed by atoms with E-state index in [1.54, 1.807) is 0 Å². The van der Waals surface area contributed by atoms with Gasteiger partial charge in [-0.15, -0.1) is 0 Å². The monoisotopic (exact) mass is 537 g/mol. The number of hydrogen-bond donors (Lipinski definition) is 0. The molecule has 1 atom stereocenters. The van der Waals surface area contributed by atoms with Gasteiger partial charge in [0.2, 0.25) is 5.91 Å². The van der Waals surface area contributed by atoms with Crippen molar-refractivity contribution in [3.8, 4) is 0 Å². The molecule has 1 unspecified atom stereocenters. The lowest BCUT2D eigenvalue weighted by Gasteiger charge is -2.38. The SMILES string of the molecule is CCOC(=O)C1CN(c2ccc(N3CCOC3=O)cc2F)C(=O)N(Cc2cccc(C(F)(F)F)c2C)C1=O. The zero-order valence-corrected chi connectivity index (χ0v) is 20.4. The molecule has 0 radical (unpaired) electrons. The van der Waals surface area contributed by atoms with Crippen LogP contribution in [0.3, 0.4) is 0 Å². The molecule has 2 aliphatic rings. The van der Waals surface area contributed by atoms with Crippen LogP contribution in [-0.2, 0) is 31.8 Å². The van der Waals surface area contributed by atoms with Crippen LogP contribution >= 0.6 is 0 Å². The number of benzene rings is 2. The molecule has 2 aliphatic heterocycles. The molecule has 4 rings (SSSR count). The summed E-state index contributed by atoms with van der Waals surface area (Å²) in [4.78, 5) is 53.7. The highest BCUT2D eigenvalue weighted by Crippen LogP contribution is 2.35. The number of alkyl halides is 3. The van der Waals surface area contributed by atoms with Crippen LogP contribution in [0.25, 0.3) is 0 Å². The van der Waals surface area contributed by atoms with Crippen molar-refractivity contribution < 1.29 is 46.2 Å². The van der Waals surface area contributed by atoms with Gasteiger partial charge in [-0.2, -0.15) is 13.2 Å². The van der Waals surface area contributed by atoms with Gasteiger partial charge in [0.15, 0.2) is 5.92 Å². The van der Waals surface area contributed by atoms with E-state index in [0.29, 0.717) is 4.90 Å². The first-order valence-corrected chi connectivity index (χ1v) is 11.6. The molecule has 13 heteroatoms. The lowest BCUT2D eigenvalue weighted by atomic mass is 9.99. The first-order chi connectivity index (χ1) is 17.9. The Morgan fingerprint density at radius 2 is 1.87 bits per heavy atom. The van der Waals surface area contributed by atoms with Gasteiger partial charge in [-0.25, -0.2) is 14.0 Å². The average Bonchev–Trinajstić information content (AvgIpc) is 3.28. The summed E-state index contributed by atoms with van der Waals surface area (Å²) in [5.41, 5.74) is -1.23. The van der Waals surface area contributed by atoms with Crippen LogP contribution in [0, 0.1) is 18.7 Å². The smallest absolute Gasteiger partial charge is 0.416 e. The van der Waals surface area contributed by atoms with Crippen molar-refractivity contribution >= 4 is 35.4 Å². The summed E-state index contributed by atoms with van der Waals surface area (Å²) in [5, 5.41) is 0. The zero-order valence-electron chi connectivity index (χ0n) is 20.4. The average molecular weight is 537 g/mol. The maximum Gasteiger partial charge on any atom is 0.416 e. The number of esters is 1. The quantitative estimate of drug-likeness (QED) is 0.311. The van der Waals surface area contributed by atoms with Gasteiger partial charge in [0, 0.05) is 0 Å². The van der Waals surface area contributed by atoms with E-state index >= 15 is 4.39 Å². The van der Waals surface area contributed by atoms with Gasteiger partial charge < -0.3 is 9.47 Å². The Balaban J connectivity index is 1.71. The van der Waals surface area contributed by atoms with Crippen LogP contribution in [0.1, 0.15) is 23.6 Å². The number of urea groups is 1. The number of imide groups is 1. The minimum absolute atomic E-state index is 0.0225. The molecule has 2 aromatic carbocycles. The van der Waals surface area contributed by atoms with Crippen molar-refractivity contribution in [1.29, 1.82) is 0 Å². The lowest BCUT2D eigenvalue weighted by molar-refractivity contribution is -0.154. The number of carbonyl (C=O) groups excluding carboxylic acids is 4. The van der Waals surface area contributed by atoms with Crippen molar-refractivity contribution in [2.75, 3.05) is 36.1 Å². The van der Waals surface area contributed by atoms with Crippen LogP contribution in [0.15, 0.2) is 36.4 Å². The minimum atomic E-state index is -4.66. The maximum atomic E-state index is 15.2. The van der Waals surface area contributed by atoms with Crippen molar-refractivity contribution in [3.05, 3.63) is 58.9 Å². The molecule has 0 spiro atoms. The van der Waals surface area contributed by atoms with Gasteiger partial charge in [0.05, 0.1) is 43.2 Å². The van der Waals surface area contributed by atoms with Crippen molar-refractivity contribution in [2.45, 2.75) is 26.6 Å². The number of amides is 4. The van der Waals surface area contributed by atoms with Gasteiger partial charge >= 0.3 is 24.3 Å². The number of hydrogen-bond acceptors (Lipinski definition) is 6. The summed E-state index contributed by atoms with van der Waals surface area (Å²) < 4.78 is 65.3. The first-order valence-electron chi connectivity index (χ1n) is 11.6. The van der Waals surface area contributed by atoms with E-state index in [2.05, 4.69) is 0 Å². The van der Waals surface area contributed by atoms with E-state index in [4.69, 9.17) is 9.47 Å². The molecule has 0 aliphatic carbocycles. The number of anilines is 2. The van der Waals surface area contributed by atoms with Gasteiger partial charge in [-0.05, 0) is 49.2 Å². The summed E-state index contributed by atoms with van der Waals surface area (Å²) in [5.74, 6) is -4.40. The van der Waals surface area contributed by atoms with Gasteiger partial charge in [-0.1, -0.05) is 12.1 Å². The number of ether oxygens (including phenoxy) is 2. The molecule has 0 saturated carbocycles. The Morgan fingerprint density at radius 1 is 1.13 bits per heavy atom. The first kappa shape index (κ1) is 26.9. The highest BCUT2D eigenvalue weighted by Gasteiger charge is 2.45. The maximum absolute atomic E-state index is 15.2. The molecular formula is C25H23F4N3O6. The highest BCUT2D eigenvalue weighted by molar-refractivity contribution is 6.12. The fourth-order valence-corrected chi connectivity index (χ4v) is 4.37. The predicted octanol–water partition coefficient (Wildman–Crippen LogP) is 4.26. The fraction of sp³-hybridized carbons (Fsp3) is 0.360. The molecule has 2 fully saturated rings. The van der Waals surface area contributed by atoms with Gasteiger partial charge in [-0.3, -0.25) is 24.3 Å². The van der Waals surface area contributed by atoms with E-state index in [9.17, 15) is 32.3 Å². The molecule has 0 aromatic heterocycles. The molecule has 38 heavy (non-hydrogen) atoms. The third kappa shape index (κ3) is 5.00. The van der Waals surface area contributed by atoms with Crippen LogP contribution in [0.2, 0.25) is 0 Å². The predicted molar refractivity (Wildman–Crippen MR) is 125 cm³/mol. The van der Waals surface area contributed by atoms with Gasteiger partial charge in [0.1, 0.15) is 12.4 Å². The molecular weight excluding hydrogens is 514 g/mol. The molecule has 4 amide bonds. The topological polar surface area (TPSA) is 96.5 Å². The summed E-state index contributed by atoms with van der Waals surface area (Å²) in [6.45, 7) is 1.84. The largest absolute Gasteiger partial charge is 0.465 e. The second kappa shape index (κ2) is 10.3. The normalized spacial score (nSPS) is 18.2.